The number of aliphatic imine (C=N–C) groups is 1. The van der Waals surface area contributed by atoms with E-state index in [9.17, 15) is 8.78 Å². The van der Waals surface area contributed by atoms with Gasteiger partial charge in [0.15, 0.2) is 0 Å². The van der Waals surface area contributed by atoms with E-state index in [0.29, 0.717) is 24.2 Å². The monoisotopic (exact) mass is 196 g/mol. The van der Waals surface area contributed by atoms with Crippen LogP contribution in [0.25, 0.3) is 0 Å². The molecule has 0 atom stereocenters. The molecule has 0 aromatic rings. The maximum atomic E-state index is 13.4. The molecule has 4 heteroatoms. The fraction of sp³-hybridized carbons (Fsp3) is 0.300. The van der Waals surface area contributed by atoms with Gasteiger partial charge in [0.1, 0.15) is 0 Å². The van der Waals surface area contributed by atoms with Gasteiger partial charge in [-0.25, -0.2) is 0 Å². The minimum atomic E-state index is -2.90. The Balaban J connectivity index is 2.45. The van der Waals surface area contributed by atoms with Gasteiger partial charge in [0, 0.05) is 6.21 Å². The molecule has 2 rings (SSSR count). The maximum Gasteiger partial charge on any atom is 0.294 e. The standard InChI is InChI=1S/C10H10F2N2/c11-10(12)4-1-2-8-9(10)7(3-5-13)6-14-8/h1-2,4,6H,3,5,13H2. The van der Waals surface area contributed by atoms with Crippen LogP contribution >= 0.6 is 0 Å². The number of nitrogens with two attached hydrogens (primary N) is 1. The van der Waals surface area contributed by atoms with Gasteiger partial charge < -0.3 is 5.73 Å². The summed E-state index contributed by atoms with van der Waals surface area (Å²) in [7, 11) is 0. The first-order valence-electron chi connectivity index (χ1n) is 4.40. The average molecular weight is 196 g/mol. The highest BCUT2D eigenvalue weighted by Gasteiger charge is 2.38. The van der Waals surface area contributed by atoms with Crippen LogP contribution in [0.5, 0.6) is 0 Å². The van der Waals surface area contributed by atoms with Crippen molar-refractivity contribution in [3.05, 3.63) is 35.1 Å². The van der Waals surface area contributed by atoms with Crippen LogP contribution in [0, 0.1) is 0 Å². The largest absolute Gasteiger partial charge is 0.330 e. The van der Waals surface area contributed by atoms with Crippen molar-refractivity contribution in [2.24, 2.45) is 10.7 Å². The van der Waals surface area contributed by atoms with E-state index in [1.165, 1.54) is 12.3 Å². The molecule has 0 aromatic heterocycles. The van der Waals surface area contributed by atoms with Gasteiger partial charge in [-0.3, -0.25) is 4.99 Å². The van der Waals surface area contributed by atoms with Gasteiger partial charge in [-0.05, 0) is 30.7 Å². The van der Waals surface area contributed by atoms with Crippen molar-refractivity contribution in [1.82, 2.24) is 0 Å². The summed E-state index contributed by atoms with van der Waals surface area (Å²) in [6.45, 7) is 0.359. The second kappa shape index (κ2) is 3.13. The lowest BCUT2D eigenvalue weighted by Gasteiger charge is -2.18. The van der Waals surface area contributed by atoms with Crippen molar-refractivity contribution in [1.29, 1.82) is 0 Å². The average Bonchev–Trinajstić information content (AvgIpc) is 2.50. The molecule has 0 fully saturated rings. The number of hydrogen-bond acceptors (Lipinski definition) is 2. The number of alkyl halides is 2. The normalized spacial score (nSPS) is 22.6. The van der Waals surface area contributed by atoms with E-state index in [4.69, 9.17) is 5.73 Å². The van der Waals surface area contributed by atoms with Crippen molar-refractivity contribution in [3.63, 3.8) is 0 Å². The Morgan fingerprint density at radius 2 is 2.21 bits per heavy atom. The Morgan fingerprint density at radius 3 is 2.93 bits per heavy atom. The summed E-state index contributed by atoms with van der Waals surface area (Å²) >= 11 is 0. The molecule has 0 aromatic carbocycles. The summed E-state index contributed by atoms with van der Waals surface area (Å²) in [5.41, 5.74) is 6.27. The zero-order valence-electron chi connectivity index (χ0n) is 7.50. The molecule has 0 amide bonds. The van der Waals surface area contributed by atoms with Gasteiger partial charge >= 0.3 is 0 Å². The molecule has 1 heterocycles. The summed E-state index contributed by atoms with van der Waals surface area (Å²) in [5.74, 6) is -2.90. The first-order valence-corrected chi connectivity index (χ1v) is 4.40. The number of fused-ring (bicyclic) bond motifs is 1. The van der Waals surface area contributed by atoms with E-state index < -0.39 is 5.92 Å². The van der Waals surface area contributed by atoms with Crippen molar-refractivity contribution < 1.29 is 8.78 Å². The number of rotatable bonds is 2. The van der Waals surface area contributed by atoms with E-state index >= 15 is 0 Å². The number of halogens is 2. The molecule has 0 spiro atoms. The molecular formula is C10H10F2N2. The van der Waals surface area contributed by atoms with Gasteiger partial charge in [0.2, 0.25) is 0 Å². The number of hydrogen-bond donors (Lipinski definition) is 1. The van der Waals surface area contributed by atoms with Gasteiger partial charge in [0.25, 0.3) is 5.92 Å². The summed E-state index contributed by atoms with van der Waals surface area (Å²) in [6, 6.07) is 0. The minimum Gasteiger partial charge on any atom is -0.330 e. The van der Waals surface area contributed by atoms with E-state index in [1.807, 2.05) is 0 Å². The second-order valence-electron chi connectivity index (χ2n) is 3.23. The molecule has 0 radical (unpaired) electrons. The first kappa shape index (κ1) is 9.27. The quantitative estimate of drug-likeness (QED) is 0.718. The Bertz CT molecular complexity index is 376. The van der Waals surface area contributed by atoms with Crippen LogP contribution in [0.4, 0.5) is 8.78 Å². The van der Waals surface area contributed by atoms with Gasteiger partial charge in [-0.15, -0.1) is 0 Å². The van der Waals surface area contributed by atoms with Crippen LogP contribution in [0.15, 0.2) is 40.1 Å². The zero-order valence-corrected chi connectivity index (χ0v) is 7.50. The summed E-state index contributed by atoms with van der Waals surface area (Å²) < 4.78 is 26.9. The fourth-order valence-electron chi connectivity index (χ4n) is 1.64. The van der Waals surface area contributed by atoms with Crippen molar-refractivity contribution in [2.75, 3.05) is 6.54 Å². The van der Waals surface area contributed by atoms with Gasteiger partial charge in [-0.1, -0.05) is 6.08 Å². The first-order chi connectivity index (χ1) is 6.65. The Hall–Kier alpha value is -1.29. The Labute approximate surface area is 80.5 Å². The van der Waals surface area contributed by atoms with Crippen molar-refractivity contribution in [2.45, 2.75) is 12.3 Å². The van der Waals surface area contributed by atoms with E-state index in [1.54, 1.807) is 6.08 Å². The lowest BCUT2D eigenvalue weighted by molar-refractivity contribution is 0.0979. The van der Waals surface area contributed by atoms with Crippen LogP contribution in [-0.4, -0.2) is 18.7 Å². The molecule has 0 bridgehead atoms. The number of nitrogens with zero attached hydrogens (tertiary/aromatic N) is 1. The molecule has 14 heavy (non-hydrogen) atoms. The van der Waals surface area contributed by atoms with Crippen LogP contribution in [0.1, 0.15) is 6.42 Å². The topological polar surface area (TPSA) is 38.4 Å². The van der Waals surface area contributed by atoms with Crippen LogP contribution in [0.2, 0.25) is 0 Å². The highest BCUT2D eigenvalue weighted by molar-refractivity contribution is 5.87. The van der Waals surface area contributed by atoms with E-state index in [0.717, 1.165) is 6.08 Å². The molecule has 1 aliphatic carbocycles. The van der Waals surface area contributed by atoms with Gasteiger partial charge in [-0.2, -0.15) is 8.78 Å². The number of allylic oxidation sites excluding steroid dienone is 4. The van der Waals surface area contributed by atoms with Crippen molar-refractivity contribution >= 4 is 6.21 Å². The van der Waals surface area contributed by atoms with E-state index in [-0.39, 0.29) is 5.57 Å². The molecule has 2 nitrogen and oxygen atoms in total. The molecule has 2 N–H and O–H groups in total. The predicted molar refractivity (Wildman–Crippen MR) is 51.4 cm³/mol. The third-order valence-corrected chi connectivity index (χ3v) is 2.24. The van der Waals surface area contributed by atoms with Crippen LogP contribution in [0.3, 0.4) is 0 Å². The maximum absolute atomic E-state index is 13.4. The summed E-state index contributed by atoms with van der Waals surface area (Å²) in [5, 5.41) is 0. The van der Waals surface area contributed by atoms with E-state index in [2.05, 4.69) is 4.99 Å². The highest BCUT2D eigenvalue weighted by atomic mass is 19.3. The van der Waals surface area contributed by atoms with Crippen LogP contribution < -0.4 is 5.73 Å². The van der Waals surface area contributed by atoms with Gasteiger partial charge in [0.05, 0.1) is 11.3 Å². The van der Waals surface area contributed by atoms with Crippen LogP contribution in [-0.2, 0) is 0 Å². The summed E-state index contributed by atoms with van der Waals surface area (Å²) in [4.78, 5) is 3.93. The molecule has 0 saturated heterocycles. The molecule has 0 unspecified atom stereocenters. The molecular weight excluding hydrogens is 186 g/mol. The highest BCUT2D eigenvalue weighted by Crippen LogP contribution is 2.40. The molecule has 2 aliphatic rings. The Morgan fingerprint density at radius 1 is 1.43 bits per heavy atom. The zero-order chi connectivity index (χ0) is 10.2. The fourth-order valence-corrected chi connectivity index (χ4v) is 1.64. The van der Waals surface area contributed by atoms with Crippen molar-refractivity contribution in [3.8, 4) is 0 Å². The molecule has 74 valence electrons. The minimum absolute atomic E-state index is 0.0189. The lowest BCUT2D eigenvalue weighted by Crippen LogP contribution is -2.20. The summed E-state index contributed by atoms with van der Waals surface area (Å²) in [6.07, 6.45) is 5.74. The lowest BCUT2D eigenvalue weighted by atomic mass is 9.96. The SMILES string of the molecule is NCCC1=C2C(=CC=CC2(F)F)N=C1. The molecule has 0 saturated carbocycles. The third-order valence-electron chi connectivity index (χ3n) is 2.24. The predicted octanol–water partition coefficient (Wildman–Crippen LogP) is 1.81. The smallest absolute Gasteiger partial charge is 0.294 e. The molecule has 1 aliphatic heterocycles. The Kier molecular flexibility index (Phi) is 2.07. The second-order valence-corrected chi connectivity index (χ2v) is 3.23. The third kappa shape index (κ3) is 1.32.